The zero-order chi connectivity index (χ0) is 57.8. The molecule has 0 aromatic carbocycles. The third kappa shape index (κ3) is 64.6. The molecule has 1 unspecified atom stereocenters. The second-order valence-corrected chi connectivity index (χ2v) is 22.0. The van der Waals surface area contributed by atoms with Crippen LogP contribution in [0.1, 0.15) is 310 Å². The SMILES string of the molecule is CC/C=C\C/C=C\C/C=C\C/C=C\C/C=C\C/C=C\C/C=C\C/C=C\CCCCCCCCCCC(=O)OCC(COC(=O)CCCCCCC/C=C\CCCCCC)OC(=O)CCCCCCC/C=C\CCCCCCCCC. The summed E-state index contributed by atoms with van der Waals surface area (Å²) in [5, 5.41) is 0. The number of unbranched alkanes of at least 4 members (excludes halogenated alkanes) is 29. The Balaban J connectivity index is 4.28. The van der Waals surface area contributed by atoms with E-state index in [1.54, 1.807) is 0 Å². The normalized spacial score (nSPS) is 12.9. The lowest BCUT2D eigenvalue weighted by atomic mass is 10.1. The van der Waals surface area contributed by atoms with Crippen LogP contribution in [-0.2, 0) is 28.6 Å². The van der Waals surface area contributed by atoms with Gasteiger partial charge in [-0.2, -0.15) is 0 Å². The Bertz CT molecular complexity index is 1650. The molecule has 0 rings (SSSR count). The van der Waals surface area contributed by atoms with Gasteiger partial charge in [0.1, 0.15) is 13.2 Å². The van der Waals surface area contributed by atoms with Crippen molar-refractivity contribution >= 4 is 17.9 Å². The Morgan fingerprint density at radius 1 is 0.263 bits per heavy atom. The van der Waals surface area contributed by atoms with Gasteiger partial charge in [0.2, 0.25) is 0 Å². The molecule has 80 heavy (non-hydrogen) atoms. The predicted octanol–water partition coefficient (Wildman–Crippen LogP) is 23.2. The van der Waals surface area contributed by atoms with Crippen LogP contribution in [0.15, 0.2) is 122 Å². The summed E-state index contributed by atoms with van der Waals surface area (Å²) in [4.78, 5) is 38.3. The lowest BCUT2D eigenvalue weighted by Crippen LogP contribution is -2.30. The maximum Gasteiger partial charge on any atom is 0.306 e. The highest BCUT2D eigenvalue weighted by atomic mass is 16.6. The standard InChI is InChI=1S/C74H124O6/c1-4-7-10-13-16-19-22-25-27-29-30-31-32-33-34-35-36-37-38-39-40-41-42-43-44-45-47-49-52-55-58-61-64-67-73(76)79-70-71(69-78-72(75)66-63-60-57-54-51-48-24-21-18-15-12-9-6-3)80-74(77)68-65-62-59-56-53-50-46-28-26-23-20-17-14-11-8-5-2/h7,10,16,19,21,24-25,27-28,30-31,33-34,36-37,39-40,42-43,46,71H,4-6,8-9,11-15,17-18,20,22-23,26,29,32,35,38,41,44-45,47-70H2,1-3H3/b10-7-,19-16-,24-21-,27-25-,31-30-,34-33-,37-36-,40-39-,43-42-,46-28-. The summed E-state index contributed by atoms with van der Waals surface area (Å²) in [5.74, 6) is -0.907. The zero-order valence-electron chi connectivity index (χ0n) is 52.3. The quantitative estimate of drug-likeness (QED) is 0.0261. The maximum atomic E-state index is 12.9. The third-order valence-electron chi connectivity index (χ3n) is 14.2. The van der Waals surface area contributed by atoms with E-state index in [0.29, 0.717) is 19.3 Å². The Labute approximate surface area is 494 Å². The molecule has 0 N–H and O–H groups in total. The lowest BCUT2D eigenvalue weighted by Gasteiger charge is -2.18. The molecule has 0 aliphatic rings. The topological polar surface area (TPSA) is 78.9 Å². The smallest absolute Gasteiger partial charge is 0.306 e. The molecule has 0 spiro atoms. The summed E-state index contributed by atoms with van der Waals surface area (Å²) in [7, 11) is 0. The molecule has 0 saturated carbocycles. The van der Waals surface area contributed by atoms with Crippen LogP contribution < -0.4 is 0 Å². The Morgan fingerprint density at radius 3 is 0.787 bits per heavy atom. The van der Waals surface area contributed by atoms with Crippen molar-refractivity contribution in [2.24, 2.45) is 0 Å². The van der Waals surface area contributed by atoms with Gasteiger partial charge < -0.3 is 14.2 Å². The van der Waals surface area contributed by atoms with Crippen molar-refractivity contribution in [2.75, 3.05) is 13.2 Å². The van der Waals surface area contributed by atoms with Crippen molar-refractivity contribution in [1.82, 2.24) is 0 Å². The molecule has 0 saturated heterocycles. The molecule has 0 radical (unpaired) electrons. The monoisotopic (exact) mass is 1110 g/mol. The van der Waals surface area contributed by atoms with Gasteiger partial charge >= 0.3 is 17.9 Å². The van der Waals surface area contributed by atoms with Crippen LogP contribution in [0.25, 0.3) is 0 Å². The largest absolute Gasteiger partial charge is 0.462 e. The molecule has 0 fully saturated rings. The van der Waals surface area contributed by atoms with E-state index in [0.717, 1.165) is 135 Å². The summed E-state index contributed by atoms with van der Waals surface area (Å²) < 4.78 is 16.9. The van der Waals surface area contributed by atoms with Gasteiger partial charge in [0.15, 0.2) is 6.10 Å². The number of hydrogen-bond donors (Lipinski definition) is 0. The first-order valence-electron chi connectivity index (χ1n) is 33.5. The van der Waals surface area contributed by atoms with Gasteiger partial charge in [0.05, 0.1) is 0 Å². The number of esters is 3. The van der Waals surface area contributed by atoms with Gasteiger partial charge in [-0.25, -0.2) is 0 Å². The highest BCUT2D eigenvalue weighted by Crippen LogP contribution is 2.15. The Morgan fingerprint density at radius 2 is 0.487 bits per heavy atom. The van der Waals surface area contributed by atoms with Crippen molar-refractivity contribution in [2.45, 2.75) is 316 Å². The molecule has 0 amide bonds. The molecule has 6 nitrogen and oxygen atoms in total. The molecule has 0 aromatic rings. The van der Waals surface area contributed by atoms with E-state index in [2.05, 4.69) is 142 Å². The fourth-order valence-electron chi connectivity index (χ4n) is 9.15. The molecule has 0 heterocycles. The highest BCUT2D eigenvalue weighted by Gasteiger charge is 2.19. The lowest BCUT2D eigenvalue weighted by molar-refractivity contribution is -0.167. The van der Waals surface area contributed by atoms with E-state index in [1.165, 1.54) is 135 Å². The van der Waals surface area contributed by atoms with Gasteiger partial charge in [-0.1, -0.05) is 277 Å². The minimum absolute atomic E-state index is 0.0882. The highest BCUT2D eigenvalue weighted by molar-refractivity contribution is 5.71. The number of allylic oxidation sites excluding steroid dienone is 20. The number of hydrogen-bond acceptors (Lipinski definition) is 6. The molecule has 0 aliphatic heterocycles. The number of carbonyl (C=O) groups excluding carboxylic acids is 3. The average molecular weight is 1110 g/mol. The van der Waals surface area contributed by atoms with Gasteiger partial charge in [-0.3, -0.25) is 14.4 Å². The summed E-state index contributed by atoms with van der Waals surface area (Å²) in [6.45, 7) is 6.50. The maximum absolute atomic E-state index is 12.9. The minimum Gasteiger partial charge on any atom is -0.462 e. The first-order valence-corrected chi connectivity index (χ1v) is 33.5. The first kappa shape index (κ1) is 75.8. The van der Waals surface area contributed by atoms with E-state index in [-0.39, 0.29) is 31.1 Å². The predicted molar refractivity (Wildman–Crippen MR) is 348 cm³/mol. The van der Waals surface area contributed by atoms with Crippen molar-refractivity contribution in [1.29, 1.82) is 0 Å². The van der Waals surface area contributed by atoms with Crippen LogP contribution in [0.3, 0.4) is 0 Å². The summed E-state index contributed by atoms with van der Waals surface area (Å²) >= 11 is 0. The fraction of sp³-hybridized carbons (Fsp3) is 0.689. The summed E-state index contributed by atoms with van der Waals surface area (Å²) in [5.41, 5.74) is 0. The summed E-state index contributed by atoms with van der Waals surface area (Å²) in [6.07, 6.45) is 93.5. The molecule has 0 bridgehead atoms. The molecular weight excluding hydrogens is 985 g/mol. The van der Waals surface area contributed by atoms with Crippen LogP contribution in [0.5, 0.6) is 0 Å². The van der Waals surface area contributed by atoms with Gasteiger partial charge in [-0.15, -0.1) is 0 Å². The van der Waals surface area contributed by atoms with Gasteiger partial charge in [-0.05, 0) is 135 Å². The van der Waals surface area contributed by atoms with E-state index >= 15 is 0 Å². The number of carbonyl (C=O) groups is 3. The van der Waals surface area contributed by atoms with Crippen molar-refractivity contribution in [3.05, 3.63) is 122 Å². The molecule has 0 aromatic heterocycles. The molecular formula is C74H124O6. The summed E-state index contributed by atoms with van der Waals surface area (Å²) in [6, 6.07) is 0. The Kier molecular flexibility index (Phi) is 63.8. The zero-order valence-corrected chi connectivity index (χ0v) is 52.3. The number of ether oxygens (including phenoxy) is 3. The van der Waals surface area contributed by atoms with Crippen LogP contribution >= 0.6 is 0 Å². The molecule has 456 valence electrons. The Hall–Kier alpha value is -4.19. The van der Waals surface area contributed by atoms with Crippen molar-refractivity contribution in [3.8, 4) is 0 Å². The second-order valence-electron chi connectivity index (χ2n) is 22.0. The molecule has 0 aliphatic carbocycles. The first-order chi connectivity index (χ1) is 39.5. The van der Waals surface area contributed by atoms with Crippen LogP contribution in [-0.4, -0.2) is 37.2 Å². The third-order valence-corrected chi connectivity index (χ3v) is 14.2. The van der Waals surface area contributed by atoms with E-state index < -0.39 is 6.10 Å². The molecule has 6 heteroatoms. The van der Waals surface area contributed by atoms with Crippen molar-refractivity contribution < 1.29 is 28.6 Å². The van der Waals surface area contributed by atoms with Gasteiger partial charge in [0, 0.05) is 19.3 Å². The van der Waals surface area contributed by atoms with E-state index in [1.807, 2.05) is 0 Å². The average Bonchev–Trinajstić information content (AvgIpc) is 3.46. The fourth-order valence-corrected chi connectivity index (χ4v) is 9.15. The van der Waals surface area contributed by atoms with Crippen LogP contribution in [0.2, 0.25) is 0 Å². The molecule has 1 atom stereocenters. The van der Waals surface area contributed by atoms with Gasteiger partial charge in [0.25, 0.3) is 0 Å². The van der Waals surface area contributed by atoms with Crippen molar-refractivity contribution in [3.63, 3.8) is 0 Å². The minimum atomic E-state index is -0.792. The number of rotatable bonds is 60. The van der Waals surface area contributed by atoms with Crippen LogP contribution in [0.4, 0.5) is 0 Å². The van der Waals surface area contributed by atoms with Crippen LogP contribution in [0, 0.1) is 0 Å². The van der Waals surface area contributed by atoms with E-state index in [9.17, 15) is 14.4 Å². The van der Waals surface area contributed by atoms with E-state index in [4.69, 9.17) is 14.2 Å². The second kappa shape index (κ2) is 67.3.